The zero-order chi connectivity index (χ0) is 11.5. The molecule has 3 heteroatoms. The molecular weight excluding hydrogens is 214 g/mol. The number of hydrogen-bond acceptors (Lipinski definition) is 3. The lowest BCUT2D eigenvalue weighted by atomic mass is 9.90. The van der Waals surface area contributed by atoms with E-state index in [0.717, 1.165) is 25.6 Å². The second kappa shape index (κ2) is 5.15. The van der Waals surface area contributed by atoms with Crippen LogP contribution in [0.25, 0.3) is 0 Å². The van der Waals surface area contributed by atoms with Crippen LogP contribution in [0.5, 0.6) is 0 Å². The fourth-order valence-corrected chi connectivity index (χ4v) is 2.63. The Hall–Kier alpha value is -0.930. The number of pyridine rings is 1. The van der Waals surface area contributed by atoms with E-state index in [0.29, 0.717) is 12.2 Å². The van der Waals surface area contributed by atoms with Gasteiger partial charge in [-0.2, -0.15) is 0 Å². The standard InChI is InChI=1S/C14H19NO2/c1-2-13-14(17-13)9-12(1)10-16-8-5-11-3-6-15-7-4-11/h3-4,6-7,12-14H,1-2,5,8-10H2. The zero-order valence-electron chi connectivity index (χ0n) is 10.0. The summed E-state index contributed by atoms with van der Waals surface area (Å²) in [6.07, 6.45) is 9.54. The molecule has 92 valence electrons. The lowest BCUT2D eigenvalue weighted by Gasteiger charge is -2.18. The predicted octanol–water partition coefficient (Wildman–Crippen LogP) is 2.21. The molecule has 1 aromatic rings. The molecule has 3 rings (SSSR count). The van der Waals surface area contributed by atoms with E-state index in [9.17, 15) is 0 Å². The summed E-state index contributed by atoms with van der Waals surface area (Å²) in [5, 5.41) is 0. The Bertz CT molecular complexity index is 354. The first kappa shape index (κ1) is 11.2. The summed E-state index contributed by atoms with van der Waals surface area (Å²) in [5.41, 5.74) is 1.30. The summed E-state index contributed by atoms with van der Waals surface area (Å²) in [6.45, 7) is 1.72. The van der Waals surface area contributed by atoms with Crippen molar-refractivity contribution in [2.24, 2.45) is 5.92 Å². The van der Waals surface area contributed by atoms with Crippen LogP contribution in [0.2, 0.25) is 0 Å². The van der Waals surface area contributed by atoms with E-state index >= 15 is 0 Å². The van der Waals surface area contributed by atoms with E-state index < -0.39 is 0 Å². The molecule has 3 atom stereocenters. The second-order valence-electron chi connectivity index (χ2n) is 5.07. The molecule has 1 saturated carbocycles. The highest BCUT2D eigenvalue weighted by molar-refractivity contribution is 5.09. The van der Waals surface area contributed by atoms with Crippen LogP contribution in [0.1, 0.15) is 24.8 Å². The molecule has 3 unspecified atom stereocenters. The van der Waals surface area contributed by atoms with Gasteiger partial charge in [-0.25, -0.2) is 0 Å². The molecule has 1 aromatic heterocycles. The number of rotatable bonds is 5. The minimum Gasteiger partial charge on any atom is -0.381 e. The Morgan fingerprint density at radius 2 is 2.12 bits per heavy atom. The normalized spacial score (nSPS) is 30.9. The van der Waals surface area contributed by atoms with Crippen molar-refractivity contribution in [3.8, 4) is 0 Å². The van der Waals surface area contributed by atoms with Crippen molar-refractivity contribution in [3.63, 3.8) is 0 Å². The largest absolute Gasteiger partial charge is 0.381 e. The van der Waals surface area contributed by atoms with Gasteiger partial charge in [0.1, 0.15) is 0 Å². The van der Waals surface area contributed by atoms with Gasteiger partial charge in [-0.15, -0.1) is 0 Å². The highest BCUT2D eigenvalue weighted by Gasteiger charge is 2.43. The van der Waals surface area contributed by atoms with Crippen LogP contribution in [0, 0.1) is 5.92 Å². The monoisotopic (exact) mass is 233 g/mol. The first-order chi connectivity index (χ1) is 8.42. The second-order valence-corrected chi connectivity index (χ2v) is 5.07. The van der Waals surface area contributed by atoms with E-state index in [-0.39, 0.29) is 0 Å². The third-order valence-corrected chi connectivity index (χ3v) is 3.75. The molecule has 0 bridgehead atoms. The number of nitrogens with zero attached hydrogens (tertiary/aromatic N) is 1. The fourth-order valence-electron chi connectivity index (χ4n) is 2.63. The number of ether oxygens (including phenoxy) is 2. The van der Waals surface area contributed by atoms with Crippen LogP contribution in [-0.2, 0) is 15.9 Å². The molecule has 2 fully saturated rings. The van der Waals surface area contributed by atoms with Gasteiger partial charge in [-0.3, -0.25) is 4.98 Å². The van der Waals surface area contributed by atoms with Crippen molar-refractivity contribution in [1.82, 2.24) is 4.98 Å². The van der Waals surface area contributed by atoms with E-state index in [1.54, 1.807) is 0 Å². The van der Waals surface area contributed by atoms with Crippen LogP contribution in [0.3, 0.4) is 0 Å². The van der Waals surface area contributed by atoms with Gasteiger partial charge in [0, 0.05) is 19.0 Å². The number of fused-ring (bicyclic) bond motifs is 1. The molecule has 0 aromatic carbocycles. The van der Waals surface area contributed by atoms with E-state index in [4.69, 9.17) is 9.47 Å². The molecule has 0 N–H and O–H groups in total. The Kier molecular flexibility index (Phi) is 3.39. The third kappa shape index (κ3) is 3.05. The Balaban J connectivity index is 1.32. The van der Waals surface area contributed by atoms with Crippen LogP contribution < -0.4 is 0 Å². The SMILES string of the molecule is c1cc(CCOCC2CCC3OC3C2)ccn1. The highest BCUT2D eigenvalue weighted by Crippen LogP contribution is 2.39. The lowest BCUT2D eigenvalue weighted by Crippen LogP contribution is -2.19. The molecule has 1 aliphatic heterocycles. The zero-order valence-corrected chi connectivity index (χ0v) is 10.0. The predicted molar refractivity (Wildman–Crippen MR) is 64.8 cm³/mol. The summed E-state index contributed by atoms with van der Waals surface area (Å²) < 4.78 is 11.3. The molecule has 1 saturated heterocycles. The van der Waals surface area contributed by atoms with Crippen molar-refractivity contribution >= 4 is 0 Å². The van der Waals surface area contributed by atoms with Crippen LogP contribution >= 0.6 is 0 Å². The maximum Gasteiger partial charge on any atom is 0.0845 e. The van der Waals surface area contributed by atoms with Crippen molar-refractivity contribution < 1.29 is 9.47 Å². The summed E-state index contributed by atoms with van der Waals surface area (Å²) in [7, 11) is 0. The van der Waals surface area contributed by atoms with E-state index in [1.165, 1.54) is 24.8 Å². The molecule has 2 heterocycles. The maximum absolute atomic E-state index is 5.77. The van der Waals surface area contributed by atoms with Gasteiger partial charge in [0.25, 0.3) is 0 Å². The minimum atomic E-state index is 0.567. The third-order valence-electron chi connectivity index (χ3n) is 3.75. The summed E-state index contributed by atoms with van der Waals surface area (Å²) >= 11 is 0. The first-order valence-electron chi connectivity index (χ1n) is 6.54. The van der Waals surface area contributed by atoms with E-state index in [1.807, 2.05) is 24.5 Å². The first-order valence-corrected chi connectivity index (χ1v) is 6.54. The van der Waals surface area contributed by atoms with Crippen LogP contribution in [0.4, 0.5) is 0 Å². The molecule has 0 radical (unpaired) electrons. The average molecular weight is 233 g/mol. The van der Waals surface area contributed by atoms with Crippen molar-refractivity contribution in [3.05, 3.63) is 30.1 Å². The molecule has 0 spiro atoms. The van der Waals surface area contributed by atoms with Gasteiger partial charge in [0.05, 0.1) is 18.8 Å². The molecule has 3 nitrogen and oxygen atoms in total. The van der Waals surface area contributed by atoms with Gasteiger partial charge in [-0.1, -0.05) is 0 Å². The molecule has 1 aliphatic carbocycles. The smallest absolute Gasteiger partial charge is 0.0845 e. The molecule has 17 heavy (non-hydrogen) atoms. The van der Waals surface area contributed by atoms with Crippen molar-refractivity contribution in [2.75, 3.05) is 13.2 Å². The summed E-state index contributed by atoms with van der Waals surface area (Å²) in [5.74, 6) is 0.719. The van der Waals surface area contributed by atoms with Gasteiger partial charge >= 0.3 is 0 Å². The van der Waals surface area contributed by atoms with E-state index in [2.05, 4.69) is 4.98 Å². The van der Waals surface area contributed by atoms with Gasteiger partial charge in [0.2, 0.25) is 0 Å². The Labute approximate surface area is 102 Å². The van der Waals surface area contributed by atoms with Crippen molar-refractivity contribution in [2.45, 2.75) is 37.9 Å². The van der Waals surface area contributed by atoms with Crippen LogP contribution in [0.15, 0.2) is 24.5 Å². The van der Waals surface area contributed by atoms with Gasteiger partial charge in [0.15, 0.2) is 0 Å². The maximum atomic E-state index is 5.77. The minimum absolute atomic E-state index is 0.567. The topological polar surface area (TPSA) is 34.6 Å². The molecule has 0 amide bonds. The summed E-state index contributed by atoms with van der Waals surface area (Å²) in [4.78, 5) is 4.01. The highest BCUT2D eigenvalue weighted by atomic mass is 16.6. The Morgan fingerprint density at radius 1 is 1.24 bits per heavy atom. The van der Waals surface area contributed by atoms with Gasteiger partial charge in [-0.05, 0) is 49.3 Å². The summed E-state index contributed by atoms with van der Waals surface area (Å²) in [6, 6.07) is 4.10. The lowest BCUT2D eigenvalue weighted by molar-refractivity contribution is 0.0903. The molecule has 2 aliphatic rings. The fraction of sp³-hybridized carbons (Fsp3) is 0.643. The quantitative estimate of drug-likeness (QED) is 0.577. The number of epoxide rings is 1. The number of hydrogen-bond donors (Lipinski definition) is 0. The van der Waals surface area contributed by atoms with Crippen LogP contribution in [-0.4, -0.2) is 30.4 Å². The molecular formula is C14H19NO2. The number of aromatic nitrogens is 1. The van der Waals surface area contributed by atoms with Crippen molar-refractivity contribution in [1.29, 1.82) is 0 Å². The van der Waals surface area contributed by atoms with Gasteiger partial charge < -0.3 is 9.47 Å². The average Bonchev–Trinajstić information content (AvgIpc) is 3.14. The Morgan fingerprint density at radius 3 is 2.94 bits per heavy atom.